The highest BCUT2D eigenvalue weighted by atomic mass is 32.1. The lowest BCUT2D eigenvalue weighted by Gasteiger charge is -2.35. The number of hydrogen-bond donors (Lipinski definition) is 1. The molecule has 0 saturated carbocycles. The third kappa shape index (κ3) is 2.87. The number of nitrogens with zero attached hydrogens (tertiary/aromatic N) is 2. The van der Waals surface area contributed by atoms with E-state index in [9.17, 15) is 4.79 Å². The number of nitrogens with one attached hydrogen (secondary N) is 1. The van der Waals surface area contributed by atoms with E-state index >= 15 is 0 Å². The lowest BCUT2D eigenvalue weighted by Crippen LogP contribution is -2.40. The van der Waals surface area contributed by atoms with Gasteiger partial charge in [-0.15, -0.1) is 11.3 Å². The van der Waals surface area contributed by atoms with Crippen LogP contribution in [0.15, 0.2) is 54.2 Å². The molecule has 4 nitrogen and oxygen atoms in total. The summed E-state index contributed by atoms with van der Waals surface area (Å²) in [4.78, 5) is 23.9. The fourth-order valence-corrected chi connectivity index (χ4v) is 4.06. The first-order chi connectivity index (χ1) is 11.8. The zero-order valence-corrected chi connectivity index (χ0v) is 14.1. The Morgan fingerprint density at radius 3 is 2.92 bits per heavy atom. The molecule has 1 atom stereocenters. The summed E-state index contributed by atoms with van der Waals surface area (Å²) in [6, 6.07) is 14.2. The number of benzene rings is 1. The number of aryl methyl sites for hydroxylation is 1. The van der Waals surface area contributed by atoms with Gasteiger partial charge in [-0.25, -0.2) is 4.98 Å². The molecule has 0 spiro atoms. The van der Waals surface area contributed by atoms with Crippen molar-refractivity contribution in [2.24, 2.45) is 0 Å². The van der Waals surface area contributed by atoms with E-state index in [1.54, 1.807) is 17.7 Å². The minimum Gasteiger partial charge on any atom is -0.348 e. The molecule has 1 aromatic carbocycles. The highest BCUT2D eigenvalue weighted by Gasteiger charge is 2.33. The first-order valence-electron chi connectivity index (χ1n) is 8.22. The summed E-state index contributed by atoms with van der Waals surface area (Å²) in [6.07, 6.45) is 3.93. The van der Waals surface area contributed by atoms with Crippen LogP contribution in [-0.2, 0) is 17.6 Å². The highest BCUT2D eigenvalue weighted by Crippen LogP contribution is 2.33. The van der Waals surface area contributed by atoms with E-state index in [-0.39, 0.29) is 11.9 Å². The van der Waals surface area contributed by atoms with Gasteiger partial charge in [0.05, 0.1) is 12.0 Å². The van der Waals surface area contributed by atoms with Crippen molar-refractivity contribution in [2.75, 3.05) is 6.54 Å². The Hall–Kier alpha value is -2.40. The second-order valence-corrected chi connectivity index (χ2v) is 7.03. The average Bonchev–Trinajstić information content (AvgIpc) is 3.30. The van der Waals surface area contributed by atoms with E-state index in [0.29, 0.717) is 6.42 Å². The Bertz CT molecular complexity index is 810. The molecule has 5 heteroatoms. The summed E-state index contributed by atoms with van der Waals surface area (Å²) in [5, 5.41) is 2.06. The number of aromatic nitrogens is 2. The minimum absolute atomic E-state index is 0.0861. The van der Waals surface area contributed by atoms with Crippen molar-refractivity contribution in [3.63, 3.8) is 0 Å². The third-order valence-electron chi connectivity index (χ3n) is 4.53. The number of thiophene rings is 1. The maximum absolute atomic E-state index is 12.9. The van der Waals surface area contributed by atoms with E-state index in [0.717, 1.165) is 36.3 Å². The topological polar surface area (TPSA) is 49.0 Å². The Balaban J connectivity index is 1.60. The summed E-state index contributed by atoms with van der Waals surface area (Å²) < 4.78 is 0. The van der Waals surface area contributed by atoms with Gasteiger partial charge >= 0.3 is 0 Å². The van der Waals surface area contributed by atoms with Gasteiger partial charge in [0.2, 0.25) is 5.91 Å². The second-order valence-electron chi connectivity index (χ2n) is 6.00. The van der Waals surface area contributed by atoms with Crippen molar-refractivity contribution in [3.8, 4) is 0 Å². The van der Waals surface area contributed by atoms with Crippen molar-refractivity contribution >= 4 is 17.2 Å². The fourth-order valence-electron chi connectivity index (χ4n) is 3.35. The SMILES string of the molecule is O=C(CCc1cccs1)N1CCc2[nH]cnc2C1c1ccccc1. The van der Waals surface area contributed by atoms with Crippen molar-refractivity contribution in [1.29, 1.82) is 0 Å². The van der Waals surface area contributed by atoms with Crippen molar-refractivity contribution in [3.05, 3.63) is 76.0 Å². The molecule has 1 amide bonds. The predicted octanol–water partition coefficient (Wildman–Crippen LogP) is 3.58. The van der Waals surface area contributed by atoms with Gasteiger partial charge in [0.25, 0.3) is 0 Å². The molecule has 1 aliphatic rings. The van der Waals surface area contributed by atoms with Crippen LogP contribution >= 0.6 is 11.3 Å². The largest absolute Gasteiger partial charge is 0.348 e. The lowest BCUT2D eigenvalue weighted by molar-refractivity contribution is -0.133. The van der Waals surface area contributed by atoms with Gasteiger partial charge in [-0.3, -0.25) is 4.79 Å². The summed E-state index contributed by atoms with van der Waals surface area (Å²) in [5.41, 5.74) is 3.25. The normalized spacial score (nSPS) is 16.8. The second kappa shape index (κ2) is 6.61. The molecule has 1 aliphatic heterocycles. The van der Waals surface area contributed by atoms with E-state index < -0.39 is 0 Å². The van der Waals surface area contributed by atoms with Crippen LogP contribution in [0.3, 0.4) is 0 Å². The maximum Gasteiger partial charge on any atom is 0.223 e. The summed E-state index contributed by atoms with van der Waals surface area (Å²) in [6.45, 7) is 0.734. The van der Waals surface area contributed by atoms with Crippen molar-refractivity contribution in [1.82, 2.24) is 14.9 Å². The number of amides is 1. The Kier molecular flexibility index (Phi) is 4.17. The molecule has 0 saturated heterocycles. The van der Waals surface area contributed by atoms with Gasteiger partial charge in [0, 0.05) is 30.0 Å². The van der Waals surface area contributed by atoms with Crippen LogP contribution in [-0.4, -0.2) is 27.3 Å². The number of fused-ring (bicyclic) bond motifs is 1. The molecule has 24 heavy (non-hydrogen) atoms. The number of rotatable bonds is 4. The number of imidazole rings is 1. The molecule has 1 unspecified atom stereocenters. The van der Waals surface area contributed by atoms with Gasteiger partial charge in [-0.2, -0.15) is 0 Å². The van der Waals surface area contributed by atoms with E-state index in [1.807, 2.05) is 29.2 Å². The number of H-pyrrole nitrogens is 1. The van der Waals surface area contributed by atoms with Crippen molar-refractivity contribution < 1.29 is 4.79 Å². The zero-order chi connectivity index (χ0) is 16.4. The molecular formula is C19H19N3OS. The average molecular weight is 337 g/mol. The van der Waals surface area contributed by atoms with E-state index in [2.05, 4.69) is 33.5 Å². The van der Waals surface area contributed by atoms with Crippen LogP contribution in [0.1, 0.15) is 34.3 Å². The van der Waals surface area contributed by atoms with Crippen LogP contribution in [0.4, 0.5) is 0 Å². The van der Waals surface area contributed by atoms with Gasteiger partial charge in [0.1, 0.15) is 6.04 Å². The molecule has 0 bridgehead atoms. The number of carbonyl (C=O) groups excluding carboxylic acids is 1. The van der Waals surface area contributed by atoms with Crippen LogP contribution in [0, 0.1) is 0 Å². The van der Waals surface area contributed by atoms with E-state index in [4.69, 9.17) is 0 Å². The fraction of sp³-hybridized carbons (Fsp3) is 0.263. The van der Waals surface area contributed by atoms with E-state index in [1.165, 1.54) is 4.88 Å². The molecule has 4 rings (SSSR count). The quantitative estimate of drug-likeness (QED) is 0.791. The molecule has 0 radical (unpaired) electrons. The number of hydrogen-bond acceptors (Lipinski definition) is 3. The predicted molar refractivity (Wildman–Crippen MR) is 94.9 cm³/mol. The number of carbonyl (C=O) groups is 1. The Morgan fingerprint density at radius 1 is 1.25 bits per heavy atom. The highest BCUT2D eigenvalue weighted by molar-refractivity contribution is 7.09. The van der Waals surface area contributed by atoms with Crippen LogP contribution in [0.5, 0.6) is 0 Å². The van der Waals surface area contributed by atoms with Gasteiger partial charge in [0.15, 0.2) is 0 Å². The Labute approximate surface area is 145 Å². The monoisotopic (exact) mass is 337 g/mol. The van der Waals surface area contributed by atoms with Crippen LogP contribution in [0.2, 0.25) is 0 Å². The molecule has 122 valence electrons. The van der Waals surface area contributed by atoms with Gasteiger partial charge in [-0.05, 0) is 23.4 Å². The first-order valence-corrected chi connectivity index (χ1v) is 9.10. The Morgan fingerprint density at radius 2 is 2.12 bits per heavy atom. The van der Waals surface area contributed by atoms with Gasteiger partial charge in [-0.1, -0.05) is 36.4 Å². The summed E-state index contributed by atoms with van der Waals surface area (Å²) in [7, 11) is 0. The summed E-state index contributed by atoms with van der Waals surface area (Å²) in [5.74, 6) is 0.200. The molecule has 0 fully saturated rings. The molecule has 3 aromatic rings. The summed E-state index contributed by atoms with van der Waals surface area (Å²) >= 11 is 1.71. The standard InChI is InChI=1S/C19H19N3OS/c23-17(9-8-15-7-4-12-24-15)22-11-10-16-18(21-13-20-16)19(22)14-5-2-1-3-6-14/h1-7,12-13,19H,8-11H2,(H,20,21). The number of aromatic amines is 1. The zero-order valence-electron chi connectivity index (χ0n) is 13.3. The lowest BCUT2D eigenvalue weighted by atomic mass is 9.95. The van der Waals surface area contributed by atoms with Crippen LogP contribution in [0.25, 0.3) is 0 Å². The minimum atomic E-state index is -0.0861. The third-order valence-corrected chi connectivity index (χ3v) is 5.46. The molecule has 1 N–H and O–H groups in total. The van der Waals surface area contributed by atoms with Gasteiger partial charge < -0.3 is 9.88 Å². The van der Waals surface area contributed by atoms with Crippen molar-refractivity contribution in [2.45, 2.75) is 25.3 Å². The molecule has 3 heterocycles. The van der Waals surface area contributed by atoms with Crippen LogP contribution < -0.4 is 0 Å². The molecular weight excluding hydrogens is 318 g/mol. The smallest absolute Gasteiger partial charge is 0.223 e. The molecule has 0 aliphatic carbocycles. The maximum atomic E-state index is 12.9. The first kappa shape index (κ1) is 15.1. The molecule has 2 aromatic heterocycles.